The monoisotopic (exact) mass is 497 g/mol. The second-order valence-electron chi connectivity index (χ2n) is 6.30. The van der Waals surface area contributed by atoms with Gasteiger partial charge in [0, 0.05) is 27.7 Å². The zero-order valence-electron chi connectivity index (χ0n) is 16.7. The summed E-state index contributed by atoms with van der Waals surface area (Å²) >= 11 is 3.28. The van der Waals surface area contributed by atoms with Gasteiger partial charge in [0.1, 0.15) is 11.5 Å². The molecular weight excluding hydrogens is 482 g/mol. The summed E-state index contributed by atoms with van der Waals surface area (Å²) in [5.41, 5.74) is 2.87. The Morgan fingerprint density at radius 2 is 1.69 bits per heavy atom. The van der Waals surface area contributed by atoms with Crippen LogP contribution in [0.1, 0.15) is 26.3 Å². The van der Waals surface area contributed by atoms with E-state index >= 15 is 0 Å². The lowest BCUT2D eigenvalue weighted by atomic mass is 10.2. The van der Waals surface area contributed by atoms with Gasteiger partial charge in [0.25, 0.3) is 11.6 Å². The minimum absolute atomic E-state index is 0.0399. The van der Waals surface area contributed by atoms with E-state index in [1.165, 1.54) is 43.7 Å². The van der Waals surface area contributed by atoms with Gasteiger partial charge in [0.05, 0.1) is 23.8 Å². The lowest BCUT2D eigenvalue weighted by molar-refractivity contribution is -0.384. The molecule has 0 atom stereocenters. The molecule has 0 unspecified atom stereocenters. The van der Waals surface area contributed by atoms with Gasteiger partial charge in [-0.25, -0.2) is 10.2 Å². The molecule has 1 amide bonds. The van der Waals surface area contributed by atoms with Gasteiger partial charge in [0.15, 0.2) is 0 Å². The summed E-state index contributed by atoms with van der Waals surface area (Å²) in [7, 11) is 1.51. The van der Waals surface area contributed by atoms with E-state index < -0.39 is 16.8 Å². The Kier molecular flexibility index (Phi) is 7.29. The van der Waals surface area contributed by atoms with Gasteiger partial charge >= 0.3 is 5.97 Å². The van der Waals surface area contributed by atoms with Crippen LogP contribution in [0.25, 0.3) is 0 Å². The van der Waals surface area contributed by atoms with Gasteiger partial charge in [-0.3, -0.25) is 14.9 Å². The highest BCUT2D eigenvalue weighted by Gasteiger charge is 2.15. The molecule has 0 bridgehead atoms. The topological polar surface area (TPSA) is 120 Å². The van der Waals surface area contributed by atoms with Crippen LogP contribution in [0.3, 0.4) is 0 Å². The van der Waals surface area contributed by atoms with Gasteiger partial charge in [-0.05, 0) is 54.6 Å². The zero-order valence-corrected chi connectivity index (χ0v) is 18.2. The van der Waals surface area contributed by atoms with Crippen molar-refractivity contribution in [2.24, 2.45) is 5.10 Å². The molecule has 3 rings (SSSR count). The molecule has 32 heavy (non-hydrogen) atoms. The minimum atomic E-state index is -0.671. The number of nitrogens with zero attached hydrogens (tertiary/aromatic N) is 2. The molecule has 0 saturated carbocycles. The number of benzene rings is 3. The number of methoxy groups -OCH3 is 1. The number of nitro benzene ring substituents is 1. The van der Waals surface area contributed by atoms with Crippen LogP contribution in [0.15, 0.2) is 76.3 Å². The molecular formula is C22H16BrN3O6. The van der Waals surface area contributed by atoms with Crippen molar-refractivity contribution in [2.75, 3.05) is 7.11 Å². The van der Waals surface area contributed by atoms with Crippen molar-refractivity contribution in [3.8, 4) is 11.5 Å². The normalized spacial score (nSPS) is 10.6. The number of hydrazone groups is 1. The average Bonchev–Trinajstić information content (AvgIpc) is 2.80. The van der Waals surface area contributed by atoms with Crippen molar-refractivity contribution >= 4 is 39.7 Å². The van der Waals surface area contributed by atoms with Crippen LogP contribution >= 0.6 is 15.9 Å². The van der Waals surface area contributed by atoms with E-state index in [4.69, 9.17) is 9.47 Å². The molecule has 0 aromatic heterocycles. The molecule has 0 aliphatic carbocycles. The van der Waals surface area contributed by atoms with E-state index in [1.807, 2.05) is 0 Å². The van der Waals surface area contributed by atoms with E-state index in [0.717, 1.165) is 4.47 Å². The first-order valence-electron chi connectivity index (χ1n) is 9.11. The molecule has 3 aromatic rings. The Labute approximate surface area is 190 Å². The van der Waals surface area contributed by atoms with Crippen LogP contribution in [-0.4, -0.2) is 30.1 Å². The highest BCUT2D eigenvalue weighted by atomic mass is 79.9. The third-order valence-electron chi connectivity index (χ3n) is 4.21. The first kappa shape index (κ1) is 22.6. The van der Waals surface area contributed by atoms with Gasteiger partial charge in [0.2, 0.25) is 0 Å². The highest BCUT2D eigenvalue weighted by molar-refractivity contribution is 9.10. The van der Waals surface area contributed by atoms with Crippen molar-refractivity contribution in [3.63, 3.8) is 0 Å². The van der Waals surface area contributed by atoms with Crippen molar-refractivity contribution < 1.29 is 24.0 Å². The third kappa shape index (κ3) is 5.76. The highest BCUT2D eigenvalue weighted by Crippen LogP contribution is 2.24. The molecule has 0 aliphatic rings. The van der Waals surface area contributed by atoms with E-state index in [9.17, 15) is 19.7 Å². The van der Waals surface area contributed by atoms with Crippen LogP contribution in [0.2, 0.25) is 0 Å². The van der Waals surface area contributed by atoms with Crippen LogP contribution in [0.4, 0.5) is 5.69 Å². The maximum Gasteiger partial charge on any atom is 0.343 e. The summed E-state index contributed by atoms with van der Waals surface area (Å²) in [6.45, 7) is 0. The van der Waals surface area contributed by atoms with Crippen molar-refractivity contribution in [1.82, 2.24) is 5.43 Å². The fraction of sp³-hybridized carbons (Fsp3) is 0.0455. The summed E-state index contributed by atoms with van der Waals surface area (Å²) in [5, 5.41) is 15.0. The SMILES string of the molecule is COc1ccc(C(=O)Oc2ccc([N+](=O)[O-])cc2/C=N/NC(=O)c2ccc(Br)cc2)cc1. The second-order valence-corrected chi connectivity index (χ2v) is 7.22. The number of carbonyl (C=O) groups is 2. The third-order valence-corrected chi connectivity index (χ3v) is 4.74. The fourth-order valence-electron chi connectivity index (χ4n) is 2.56. The predicted molar refractivity (Wildman–Crippen MR) is 120 cm³/mol. The number of non-ortho nitro benzene ring substituents is 1. The Morgan fingerprint density at radius 3 is 2.31 bits per heavy atom. The van der Waals surface area contributed by atoms with E-state index in [0.29, 0.717) is 11.3 Å². The standard InChI is InChI=1S/C22H16BrN3O6/c1-31-19-9-4-15(5-10-19)22(28)32-20-11-8-18(26(29)30)12-16(20)13-24-25-21(27)14-2-6-17(23)7-3-14/h2-13H,1H3,(H,25,27)/b24-13+. The molecule has 9 nitrogen and oxygen atoms in total. The number of esters is 1. The number of nitro groups is 1. The van der Waals surface area contributed by atoms with E-state index in [1.54, 1.807) is 36.4 Å². The predicted octanol–water partition coefficient (Wildman–Crippen LogP) is 4.35. The largest absolute Gasteiger partial charge is 0.497 e. The van der Waals surface area contributed by atoms with Gasteiger partial charge in [-0.15, -0.1) is 0 Å². The van der Waals surface area contributed by atoms with E-state index in [2.05, 4.69) is 26.5 Å². The van der Waals surface area contributed by atoms with Crippen molar-refractivity contribution in [1.29, 1.82) is 0 Å². The number of rotatable bonds is 7. The van der Waals surface area contributed by atoms with Crippen LogP contribution < -0.4 is 14.9 Å². The maximum absolute atomic E-state index is 12.5. The van der Waals surface area contributed by atoms with Crippen molar-refractivity contribution in [3.05, 3.63) is 98.0 Å². The van der Waals surface area contributed by atoms with Crippen molar-refractivity contribution in [2.45, 2.75) is 0 Å². The lowest BCUT2D eigenvalue weighted by Gasteiger charge is -2.08. The molecule has 0 aliphatic heterocycles. The average molecular weight is 498 g/mol. The number of hydrogen-bond acceptors (Lipinski definition) is 7. The number of hydrogen-bond donors (Lipinski definition) is 1. The number of halogens is 1. The minimum Gasteiger partial charge on any atom is -0.497 e. The molecule has 10 heteroatoms. The Bertz CT molecular complexity index is 1180. The Morgan fingerprint density at radius 1 is 1.03 bits per heavy atom. The van der Waals surface area contributed by atoms with E-state index in [-0.39, 0.29) is 22.6 Å². The molecule has 0 saturated heterocycles. The first-order valence-corrected chi connectivity index (χ1v) is 9.90. The number of amides is 1. The molecule has 0 fully saturated rings. The first-order chi connectivity index (χ1) is 15.4. The summed E-state index contributed by atoms with van der Waals surface area (Å²) in [5.74, 6) is -0.532. The molecule has 0 spiro atoms. The summed E-state index contributed by atoms with van der Waals surface area (Å²) in [6.07, 6.45) is 1.17. The Hall–Kier alpha value is -4.05. The number of ether oxygens (including phenoxy) is 2. The quantitative estimate of drug-likeness (QED) is 0.170. The summed E-state index contributed by atoms with van der Waals surface area (Å²) < 4.78 is 11.3. The molecule has 3 aromatic carbocycles. The molecule has 162 valence electrons. The molecule has 0 heterocycles. The fourth-order valence-corrected chi connectivity index (χ4v) is 2.82. The van der Waals surface area contributed by atoms with Gasteiger partial charge < -0.3 is 9.47 Å². The number of nitrogens with one attached hydrogen (secondary N) is 1. The van der Waals surface area contributed by atoms with Gasteiger partial charge in [-0.2, -0.15) is 5.10 Å². The lowest BCUT2D eigenvalue weighted by Crippen LogP contribution is -2.17. The number of carbonyl (C=O) groups excluding carboxylic acids is 2. The smallest absolute Gasteiger partial charge is 0.343 e. The molecule has 0 radical (unpaired) electrons. The summed E-state index contributed by atoms with van der Waals surface area (Å²) in [6, 6.07) is 16.6. The van der Waals surface area contributed by atoms with Gasteiger partial charge in [-0.1, -0.05) is 15.9 Å². The zero-order chi connectivity index (χ0) is 23.1. The summed E-state index contributed by atoms with van der Waals surface area (Å²) in [4.78, 5) is 35.2. The van der Waals surface area contributed by atoms with Crippen LogP contribution in [0.5, 0.6) is 11.5 Å². The second kappa shape index (κ2) is 10.3. The molecule has 1 N–H and O–H groups in total. The van der Waals surface area contributed by atoms with Crippen LogP contribution in [-0.2, 0) is 0 Å². The maximum atomic E-state index is 12.5. The Balaban J connectivity index is 1.79. The van der Waals surface area contributed by atoms with Crippen LogP contribution in [0, 0.1) is 10.1 Å².